The van der Waals surface area contributed by atoms with Crippen LogP contribution in [0.15, 0.2) is 36.9 Å². The van der Waals surface area contributed by atoms with Gasteiger partial charge in [0.05, 0.1) is 0 Å². The van der Waals surface area contributed by atoms with Crippen molar-refractivity contribution in [2.24, 2.45) is 0 Å². The van der Waals surface area contributed by atoms with Crippen LogP contribution in [0.3, 0.4) is 0 Å². The molecule has 0 atom stereocenters. The first-order valence-corrected chi connectivity index (χ1v) is 5.94. The van der Waals surface area contributed by atoms with E-state index in [0.29, 0.717) is 6.61 Å². The highest BCUT2D eigenvalue weighted by molar-refractivity contribution is 5.27. The van der Waals surface area contributed by atoms with E-state index in [0.717, 1.165) is 18.3 Å². The second-order valence-electron chi connectivity index (χ2n) is 4.25. The fraction of sp³-hybridized carbons (Fsp3) is 0.429. The minimum absolute atomic E-state index is 0.569. The molecular weight excluding hydrogens is 198 g/mol. The van der Waals surface area contributed by atoms with E-state index >= 15 is 0 Å². The van der Waals surface area contributed by atoms with Crippen molar-refractivity contribution < 1.29 is 4.74 Å². The summed E-state index contributed by atoms with van der Waals surface area (Å²) >= 11 is 0. The molecule has 16 heavy (non-hydrogen) atoms. The van der Waals surface area contributed by atoms with Gasteiger partial charge in [0.1, 0.15) is 12.4 Å². The number of benzene rings is 1. The molecule has 1 aliphatic rings. The lowest BCUT2D eigenvalue weighted by Gasteiger charge is -2.26. The Balaban J connectivity index is 1.78. The number of rotatable bonds is 6. The summed E-state index contributed by atoms with van der Waals surface area (Å²) in [5.41, 5.74) is 1.32. The Labute approximate surface area is 97.3 Å². The van der Waals surface area contributed by atoms with Crippen molar-refractivity contribution in [2.75, 3.05) is 6.61 Å². The average Bonchev–Trinajstić information content (AvgIpc) is 2.26. The average molecular weight is 217 g/mol. The molecule has 0 saturated heterocycles. The molecule has 0 radical (unpaired) electrons. The Morgan fingerprint density at radius 1 is 1.31 bits per heavy atom. The molecule has 1 aromatic rings. The third-order valence-corrected chi connectivity index (χ3v) is 2.99. The highest BCUT2D eigenvalue weighted by atomic mass is 16.5. The van der Waals surface area contributed by atoms with Crippen molar-refractivity contribution in [2.45, 2.75) is 31.8 Å². The van der Waals surface area contributed by atoms with E-state index in [1.54, 1.807) is 6.08 Å². The van der Waals surface area contributed by atoms with E-state index in [1.807, 2.05) is 12.1 Å². The van der Waals surface area contributed by atoms with E-state index in [1.165, 1.54) is 24.8 Å². The van der Waals surface area contributed by atoms with Crippen molar-refractivity contribution in [3.63, 3.8) is 0 Å². The van der Waals surface area contributed by atoms with Crippen molar-refractivity contribution in [1.29, 1.82) is 0 Å². The maximum atomic E-state index is 5.43. The summed E-state index contributed by atoms with van der Waals surface area (Å²) in [7, 11) is 0. The predicted octanol–water partition coefficient (Wildman–Crippen LogP) is 2.89. The fourth-order valence-corrected chi connectivity index (χ4v) is 1.73. The number of hydrogen-bond acceptors (Lipinski definition) is 2. The molecule has 0 aliphatic heterocycles. The lowest BCUT2D eigenvalue weighted by Crippen LogP contribution is -2.34. The van der Waals surface area contributed by atoms with Crippen molar-refractivity contribution in [3.05, 3.63) is 42.5 Å². The van der Waals surface area contributed by atoms with Crippen LogP contribution in [0.4, 0.5) is 0 Å². The lowest BCUT2D eigenvalue weighted by molar-refractivity contribution is 0.338. The summed E-state index contributed by atoms with van der Waals surface area (Å²) in [5, 5.41) is 3.54. The molecular formula is C14H19NO. The van der Waals surface area contributed by atoms with Gasteiger partial charge in [0.2, 0.25) is 0 Å². The van der Waals surface area contributed by atoms with Gasteiger partial charge in [0.15, 0.2) is 0 Å². The SMILES string of the molecule is C=CCOc1ccc(CNC2CCC2)cc1. The molecule has 1 aromatic carbocycles. The highest BCUT2D eigenvalue weighted by Gasteiger charge is 2.15. The van der Waals surface area contributed by atoms with Crippen LogP contribution in [-0.4, -0.2) is 12.6 Å². The monoisotopic (exact) mass is 217 g/mol. The quantitative estimate of drug-likeness (QED) is 0.740. The molecule has 1 N–H and O–H groups in total. The zero-order valence-electron chi connectivity index (χ0n) is 9.61. The predicted molar refractivity (Wildman–Crippen MR) is 66.6 cm³/mol. The molecule has 1 aliphatic carbocycles. The van der Waals surface area contributed by atoms with Crippen molar-refractivity contribution >= 4 is 0 Å². The Bertz CT molecular complexity index is 327. The fourth-order valence-electron chi connectivity index (χ4n) is 1.73. The zero-order valence-corrected chi connectivity index (χ0v) is 9.61. The molecule has 0 amide bonds. The molecule has 1 fully saturated rings. The van der Waals surface area contributed by atoms with E-state index in [4.69, 9.17) is 4.74 Å². The van der Waals surface area contributed by atoms with Gasteiger partial charge < -0.3 is 10.1 Å². The number of hydrogen-bond donors (Lipinski definition) is 1. The first-order chi connectivity index (χ1) is 7.88. The number of ether oxygens (including phenoxy) is 1. The molecule has 86 valence electrons. The Hall–Kier alpha value is -1.28. The lowest BCUT2D eigenvalue weighted by atomic mass is 9.93. The van der Waals surface area contributed by atoms with Gasteiger partial charge in [-0.3, -0.25) is 0 Å². The van der Waals surface area contributed by atoms with Gasteiger partial charge >= 0.3 is 0 Å². The van der Waals surface area contributed by atoms with Crippen LogP contribution in [0.2, 0.25) is 0 Å². The summed E-state index contributed by atoms with van der Waals surface area (Å²) in [6.45, 7) is 5.16. The maximum Gasteiger partial charge on any atom is 0.119 e. The Morgan fingerprint density at radius 3 is 2.62 bits per heavy atom. The van der Waals surface area contributed by atoms with Gasteiger partial charge in [-0.2, -0.15) is 0 Å². The van der Waals surface area contributed by atoms with Crippen LogP contribution in [0, 0.1) is 0 Å². The summed E-state index contributed by atoms with van der Waals surface area (Å²) < 4.78 is 5.43. The summed E-state index contributed by atoms with van der Waals surface area (Å²) in [6, 6.07) is 9.01. The van der Waals surface area contributed by atoms with Gasteiger partial charge in [0.25, 0.3) is 0 Å². The van der Waals surface area contributed by atoms with E-state index < -0.39 is 0 Å². The van der Waals surface area contributed by atoms with Gasteiger partial charge in [-0.05, 0) is 30.5 Å². The van der Waals surface area contributed by atoms with Gasteiger partial charge in [-0.15, -0.1) is 0 Å². The zero-order chi connectivity index (χ0) is 11.2. The summed E-state index contributed by atoms with van der Waals surface area (Å²) in [6.07, 6.45) is 5.80. The molecule has 0 unspecified atom stereocenters. The van der Waals surface area contributed by atoms with Crippen LogP contribution in [-0.2, 0) is 6.54 Å². The number of nitrogens with one attached hydrogen (secondary N) is 1. The molecule has 0 bridgehead atoms. The second kappa shape index (κ2) is 5.71. The van der Waals surface area contributed by atoms with Gasteiger partial charge in [-0.25, -0.2) is 0 Å². The third-order valence-electron chi connectivity index (χ3n) is 2.99. The smallest absolute Gasteiger partial charge is 0.119 e. The van der Waals surface area contributed by atoms with Gasteiger partial charge in [-0.1, -0.05) is 31.2 Å². The van der Waals surface area contributed by atoms with E-state index in [9.17, 15) is 0 Å². The minimum Gasteiger partial charge on any atom is -0.490 e. The topological polar surface area (TPSA) is 21.3 Å². The van der Waals surface area contributed by atoms with Crippen LogP contribution >= 0.6 is 0 Å². The van der Waals surface area contributed by atoms with Crippen LogP contribution < -0.4 is 10.1 Å². The Kier molecular flexibility index (Phi) is 4.00. The molecule has 2 nitrogen and oxygen atoms in total. The summed E-state index contributed by atoms with van der Waals surface area (Å²) in [4.78, 5) is 0. The largest absolute Gasteiger partial charge is 0.490 e. The van der Waals surface area contributed by atoms with Crippen molar-refractivity contribution in [1.82, 2.24) is 5.32 Å². The normalized spacial score (nSPS) is 15.5. The standard InChI is InChI=1S/C14H19NO/c1-2-10-16-14-8-6-12(7-9-14)11-15-13-4-3-5-13/h2,6-9,13,15H,1,3-5,10-11H2. The molecule has 0 aromatic heterocycles. The second-order valence-corrected chi connectivity index (χ2v) is 4.25. The van der Waals surface area contributed by atoms with Gasteiger partial charge in [0, 0.05) is 12.6 Å². The van der Waals surface area contributed by atoms with Crippen molar-refractivity contribution in [3.8, 4) is 5.75 Å². The van der Waals surface area contributed by atoms with Crippen LogP contribution in [0.1, 0.15) is 24.8 Å². The Morgan fingerprint density at radius 2 is 2.06 bits per heavy atom. The maximum absolute atomic E-state index is 5.43. The molecule has 0 spiro atoms. The van der Waals surface area contributed by atoms with Crippen LogP contribution in [0.5, 0.6) is 5.75 Å². The molecule has 1 saturated carbocycles. The van der Waals surface area contributed by atoms with E-state index in [-0.39, 0.29) is 0 Å². The minimum atomic E-state index is 0.569. The van der Waals surface area contributed by atoms with Crippen LogP contribution in [0.25, 0.3) is 0 Å². The molecule has 2 heteroatoms. The summed E-state index contributed by atoms with van der Waals surface area (Å²) in [5.74, 6) is 0.910. The molecule has 2 rings (SSSR count). The highest BCUT2D eigenvalue weighted by Crippen LogP contribution is 2.19. The first-order valence-electron chi connectivity index (χ1n) is 5.94. The third kappa shape index (κ3) is 3.11. The first kappa shape index (κ1) is 11.2. The van der Waals surface area contributed by atoms with E-state index in [2.05, 4.69) is 24.0 Å². The molecule has 0 heterocycles.